The molecule has 3 unspecified atom stereocenters. The molecule has 3 atom stereocenters. The number of rotatable bonds is 20. The number of carbonyl (C=O) groups excluding carboxylic acids is 4. The van der Waals surface area contributed by atoms with E-state index in [-0.39, 0.29) is 55.5 Å². The first-order valence-corrected chi connectivity index (χ1v) is 12.8. The van der Waals surface area contributed by atoms with Crippen LogP contribution < -0.4 is 5.73 Å². The smallest absolute Gasteiger partial charge is 0.312 e. The lowest BCUT2D eigenvalue weighted by Crippen LogP contribution is -2.30. The molecule has 0 rings (SSSR count). The molecule has 0 fully saturated rings. The third-order valence-corrected chi connectivity index (χ3v) is 6.36. The van der Waals surface area contributed by atoms with Crippen molar-refractivity contribution in [3.63, 3.8) is 0 Å². The number of ether oxygens (including phenoxy) is 3. The molecule has 0 saturated carbocycles. The Morgan fingerprint density at radius 1 is 0.943 bits per heavy atom. The lowest BCUT2D eigenvalue weighted by atomic mass is 9.81. The number of nitrogens with two attached hydrogens (primary N) is 1. The van der Waals surface area contributed by atoms with E-state index in [0.29, 0.717) is 51.4 Å². The Kier molecular flexibility index (Phi) is 15.6. The third-order valence-electron chi connectivity index (χ3n) is 6.36. The summed E-state index contributed by atoms with van der Waals surface area (Å²) >= 11 is 0. The first-order chi connectivity index (χ1) is 17.0. The van der Waals surface area contributed by atoms with Crippen LogP contribution in [-0.4, -0.2) is 49.9 Å². The molecular weight excluding hydrogens is 452 g/mol. The normalized spacial score (nSPS) is 15.2. The lowest BCUT2D eigenvalue weighted by Gasteiger charge is -2.26. The summed E-state index contributed by atoms with van der Waals surface area (Å²) in [5.41, 5.74) is 4.79. The van der Waals surface area contributed by atoms with Gasteiger partial charge in [0.1, 0.15) is 19.8 Å². The van der Waals surface area contributed by atoms with Gasteiger partial charge in [0, 0.05) is 12.1 Å². The summed E-state index contributed by atoms with van der Waals surface area (Å²) in [6.45, 7) is 9.11. The first-order valence-electron chi connectivity index (χ1n) is 13.2. The summed E-state index contributed by atoms with van der Waals surface area (Å²) in [6.07, 6.45) is 6.76. The Bertz CT molecular complexity index is 714. The van der Waals surface area contributed by atoms with Crippen molar-refractivity contribution in [3.05, 3.63) is 0 Å². The minimum atomic E-state index is -0.715. The Hall–Kier alpha value is -2.45. The van der Waals surface area contributed by atoms with Crippen LogP contribution in [0.5, 0.6) is 0 Å². The molecule has 0 spiro atoms. The maximum atomic E-state index is 12.8. The van der Waals surface area contributed by atoms with Crippen LogP contribution in [0.3, 0.4) is 0 Å². The Morgan fingerprint density at radius 3 is 2.09 bits per heavy atom. The maximum Gasteiger partial charge on any atom is 0.312 e. The average molecular weight is 500 g/mol. The summed E-state index contributed by atoms with van der Waals surface area (Å²) in [5, 5.41) is 3.07. The predicted octanol–water partition coefficient (Wildman–Crippen LogP) is 4.20. The van der Waals surface area contributed by atoms with Gasteiger partial charge in [0.05, 0.1) is 17.3 Å². The van der Waals surface area contributed by atoms with E-state index in [0.717, 1.165) is 6.42 Å². The fourth-order valence-electron chi connectivity index (χ4n) is 3.79. The molecule has 0 saturated heterocycles. The van der Waals surface area contributed by atoms with Crippen LogP contribution in [-0.2, 0) is 33.4 Å². The lowest BCUT2D eigenvalue weighted by molar-refractivity contribution is -0.157. The van der Waals surface area contributed by atoms with Gasteiger partial charge in [-0.3, -0.25) is 19.2 Å². The van der Waals surface area contributed by atoms with Crippen molar-refractivity contribution < 1.29 is 34.8 Å². The zero-order valence-electron chi connectivity index (χ0n) is 23.2. The highest BCUT2D eigenvalue weighted by atomic mass is 16.6. The van der Waals surface area contributed by atoms with E-state index in [1.165, 1.54) is 6.21 Å². The van der Waals surface area contributed by atoms with Crippen molar-refractivity contribution >= 4 is 30.0 Å². The van der Waals surface area contributed by atoms with Gasteiger partial charge in [-0.25, -0.2) is 0 Å². The number of nitrogens with one attached hydrogen (secondary N) is 1. The van der Waals surface area contributed by atoms with E-state index < -0.39 is 11.3 Å². The SMILES string of the molecule is [2H]N=CCOC(=O)C(C)(CC)CCCC(CCCC(CCC)C(N)=O)C(=O)OCCOC(=O)C(C)C. The molecule has 0 aromatic carbocycles. The second-order valence-corrected chi connectivity index (χ2v) is 9.59. The van der Waals surface area contributed by atoms with Crippen molar-refractivity contribution in [2.75, 3.05) is 19.8 Å². The number of hydrogen-bond donors (Lipinski definition) is 2. The molecule has 0 aliphatic rings. The van der Waals surface area contributed by atoms with Crippen LogP contribution in [0.2, 0.25) is 1.41 Å². The predicted molar refractivity (Wildman–Crippen MR) is 134 cm³/mol. The summed E-state index contributed by atoms with van der Waals surface area (Å²) in [5.74, 6) is -2.30. The zero-order chi connectivity index (χ0) is 27.6. The quantitative estimate of drug-likeness (QED) is 0.110. The van der Waals surface area contributed by atoms with Crippen LogP contribution in [0, 0.1) is 28.6 Å². The second-order valence-electron chi connectivity index (χ2n) is 9.59. The number of amides is 1. The molecule has 9 heteroatoms. The number of hydrogen-bond acceptors (Lipinski definition) is 8. The van der Waals surface area contributed by atoms with Crippen molar-refractivity contribution in [1.29, 1.82) is 5.40 Å². The van der Waals surface area contributed by atoms with Gasteiger partial charge in [0.2, 0.25) is 5.91 Å². The van der Waals surface area contributed by atoms with Crippen molar-refractivity contribution in [3.8, 4) is 0 Å². The average Bonchev–Trinajstić information content (AvgIpc) is 2.84. The molecule has 202 valence electrons. The molecule has 0 aromatic heterocycles. The summed E-state index contributed by atoms with van der Waals surface area (Å²) < 4.78 is 22.4. The summed E-state index contributed by atoms with van der Waals surface area (Å²) in [6, 6.07) is 0. The second kappa shape index (κ2) is 17.9. The molecule has 0 aliphatic carbocycles. The molecule has 0 radical (unpaired) electrons. The van der Waals surface area contributed by atoms with Crippen LogP contribution in [0.25, 0.3) is 0 Å². The zero-order valence-corrected chi connectivity index (χ0v) is 22.2. The molecule has 1 amide bonds. The molecule has 0 aromatic rings. The van der Waals surface area contributed by atoms with E-state index >= 15 is 0 Å². The van der Waals surface area contributed by atoms with Gasteiger partial charge in [-0.2, -0.15) is 0 Å². The van der Waals surface area contributed by atoms with E-state index in [2.05, 4.69) is 5.40 Å². The highest BCUT2D eigenvalue weighted by Crippen LogP contribution is 2.32. The molecule has 0 heterocycles. The van der Waals surface area contributed by atoms with Crippen LogP contribution >= 0.6 is 0 Å². The molecule has 0 aliphatic heterocycles. The number of primary amides is 1. The topological polar surface area (TPSA) is 146 Å². The molecule has 3 N–H and O–H groups in total. The minimum absolute atomic E-state index is 0.00288. The summed E-state index contributed by atoms with van der Waals surface area (Å²) in [7, 11) is 0. The number of carbonyl (C=O) groups is 4. The fraction of sp³-hybridized carbons (Fsp3) is 0.808. The Morgan fingerprint density at radius 2 is 1.54 bits per heavy atom. The van der Waals surface area contributed by atoms with Crippen molar-refractivity contribution in [2.45, 2.75) is 92.4 Å². The highest BCUT2D eigenvalue weighted by Gasteiger charge is 2.33. The van der Waals surface area contributed by atoms with Gasteiger partial charge in [-0.1, -0.05) is 47.0 Å². The van der Waals surface area contributed by atoms with Crippen LogP contribution in [0.1, 0.15) is 92.4 Å². The first kappa shape index (κ1) is 30.6. The van der Waals surface area contributed by atoms with Crippen molar-refractivity contribution in [1.82, 2.24) is 0 Å². The molecule has 0 bridgehead atoms. The van der Waals surface area contributed by atoms with Gasteiger partial charge in [-0.15, -0.1) is 0 Å². The largest absolute Gasteiger partial charge is 0.462 e. The molecular formula is C26H46N2O7. The third kappa shape index (κ3) is 13.3. The number of esters is 3. The van der Waals surface area contributed by atoms with Crippen molar-refractivity contribution in [2.24, 2.45) is 28.9 Å². The highest BCUT2D eigenvalue weighted by molar-refractivity contribution is 5.78. The molecule has 9 nitrogen and oxygen atoms in total. The Balaban J connectivity index is 5.03. The van der Waals surface area contributed by atoms with Gasteiger partial charge >= 0.3 is 17.9 Å². The van der Waals surface area contributed by atoms with Gasteiger partial charge in [-0.05, 0) is 45.4 Å². The standard InChI is InChI=1S/C26H46N2O7/c1-6-10-20(22(28)29)11-8-12-21(24(31)34-18-17-33-23(30)19(3)4)13-9-14-26(5,7-2)25(32)35-16-15-27/h15,19-21,27H,6-14,16-18H2,1-5H3,(H2,28,29)/i/hD. The Labute approximate surface area is 211 Å². The van der Waals surface area contributed by atoms with E-state index in [1.807, 2.05) is 20.8 Å². The van der Waals surface area contributed by atoms with Crippen LogP contribution in [0.4, 0.5) is 0 Å². The van der Waals surface area contributed by atoms with E-state index in [1.54, 1.807) is 13.8 Å². The minimum Gasteiger partial charge on any atom is -0.462 e. The van der Waals surface area contributed by atoms with E-state index in [9.17, 15) is 19.2 Å². The fourth-order valence-corrected chi connectivity index (χ4v) is 3.79. The van der Waals surface area contributed by atoms with Gasteiger partial charge < -0.3 is 25.3 Å². The molecule has 35 heavy (non-hydrogen) atoms. The van der Waals surface area contributed by atoms with E-state index in [4.69, 9.17) is 21.4 Å². The van der Waals surface area contributed by atoms with Crippen LogP contribution in [0.15, 0.2) is 0 Å². The summed E-state index contributed by atoms with van der Waals surface area (Å²) in [4.78, 5) is 48.6. The maximum absolute atomic E-state index is 12.8. The monoisotopic (exact) mass is 499 g/mol. The van der Waals surface area contributed by atoms with Gasteiger partial charge in [0.25, 0.3) is 0 Å². The van der Waals surface area contributed by atoms with Gasteiger partial charge in [0.15, 0.2) is 1.41 Å².